The van der Waals surface area contributed by atoms with Crippen molar-refractivity contribution >= 4 is 39.5 Å². The Labute approximate surface area is 658 Å². The van der Waals surface area contributed by atoms with Crippen LogP contribution in [0.2, 0.25) is 0 Å². The van der Waals surface area contributed by atoms with Crippen LogP contribution in [-0.2, 0) is 65.4 Å². The first-order chi connectivity index (χ1) is 51.7. The molecule has 0 aliphatic carbocycles. The van der Waals surface area contributed by atoms with Crippen molar-refractivity contribution in [3.05, 3.63) is 0 Å². The van der Waals surface area contributed by atoms with Gasteiger partial charge in [-0.15, -0.1) is 0 Å². The fraction of sp³-hybridized carbons (Fsp3) is 0.955. The van der Waals surface area contributed by atoms with Crippen molar-refractivity contribution in [2.75, 3.05) is 39.6 Å². The summed E-state index contributed by atoms with van der Waals surface area (Å²) in [5.41, 5.74) is 0. The van der Waals surface area contributed by atoms with Crippen LogP contribution in [0.4, 0.5) is 0 Å². The zero-order chi connectivity index (χ0) is 78.8. The molecule has 0 rings (SSSR count). The van der Waals surface area contributed by atoms with Gasteiger partial charge in [0.25, 0.3) is 0 Å². The van der Waals surface area contributed by atoms with Crippen LogP contribution in [0.3, 0.4) is 0 Å². The second-order valence-corrected chi connectivity index (χ2v) is 36.0. The minimum absolute atomic E-state index is 0.107. The van der Waals surface area contributed by atoms with E-state index in [9.17, 15) is 43.2 Å². The second kappa shape index (κ2) is 76.7. The third-order valence-electron chi connectivity index (χ3n) is 21.3. The van der Waals surface area contributed by atoms with Crippen molar-refractivity contribution in [3.63, 3.8) is 0 Å². The number of phosphoric acid groups is 2. The van der Waals surface area contributed by atoms with E-state index in [-0.39, 0.29) is 25.7 Å². The molecule has 107 heavy (non-hydrogen) atoms. The van der Waals surface area contributed by atoms with E-state index < -0.39 is 97.5 Å². The van der Waals surface area contributed by atoms with E-state index in [2.05, 4.69) is 55.4 Å². The Morgan fingerprint density at radius 2 is 0.449 bits per heavy atom. The number of carbonyl (C=O) groups is 4. The molecule has 0 aromatic heterocycles. The molecule has 0 aliphatic rings. The Balaban J connectivity index is 5.24. The molecule has 0 spiro atoms. The number of hydrogen-bond donors (Lipinski definition) is 3. The first-order valence-corrected chi connectivity index (χ1v) is 48.3. The summed E-state index contributed by atoms with van der Waals surface area (Å²) in [6.45, 7) is 14.4. The highest BCUT2D eigenvalue weighted by Gasteiger charge is 2.31. The van der Waals surface area contributed by atoms with Gasteiger partial charge >= 0.3 is 39.5 Å². The van der Waals surface area contributed by atoms with Crippen LogP contribution in [0.5, 0.6) is 0 Å². The third kappa shape index (κ3) is 79.1. The Bertz CT molecular complexity index is 2080. The van der Waals surface area contributed by atoms with Crippen LogP contribution >= 0.6 is 15.6 Å². The number of esters is 4. The molecule has 0 fully saturated rings. The molecule has 0 saturated heterocycles. The van der Waals surface area contributed by atoms with Crippen LogP contribution in [0.25, 0.3) is 0 Å². The van der Waals surface area contributed by atoms with Gasteiger partial charge in [-0.25, -0.2) is 9.13 Å². The predicted molar refractivity (Wildman–Crippen MR) is 441 cm³/mol. The van der Waals surface area contributed by atoms with Crippen molar-refractivity contribution in [1.82, 2.24) is 0 Å². The van der Waals surface area contributed by atoms with Gasteiger partial charge in [0.2, 0.25) is 0 Å². The molecule has 4 unspecified atom stereocenters. The number of carbonyl (C=O) groups excluding carboxylic acids is 4. The number of ether oxygens (including phenoxy) is 4. The normalized spacial score (nSPS) is 14.4. The van der Waals surface area contributed by atoms with E-state index >= 15 is 0 Å². The molecule has 3 N–H and O–H groups in total. The topological polar surface area (TPSA) is 237 Å². The van der Waals surface area contributed by atoms with Gasteiger partial charge in [-0.2, -0.15) is 0 Å². The largest absolute Gasteiger partial charge is 0.472 e. The van der Waals surface area contributed by atoms with Gasteiger partial charge in [0.05, 0.1) is 26.4 Å². The molecule has 0 saturated carbocycles. The maximum Gasteiger partial charge on any atom is 0.472 e. The van der Waals surface area contributed by atoms with E-state index in [1.54, 1.807) is 0 Å². The number of aliphatic hydroxyl groups is 1. The van der Waals surface area contributed by atoms with Crippen LogP contribution in [0.15, 0.2) is 0 Å². The zero-order valence-corrected chi connectivity index (χ0v) is 72.6. The fourth-order valence-electron chi connectivity index (χ4n) is 13.6. The van der Waals surface area contributed by atoms with E-state index in [4.69, 9.17) is 37.0 Å². The highest BCUT2D eigenvalue weighted by molar-refractivity contribution is 7.47. The summed E-state index contributed by atoms with van der Waals surface area (Å²) in [6, 6.07) is 0. The number of rotatable bonds is 85. The summed E-state index contributed by atoms with van der Waals surface area (Å²) < 4.78 is 69.0. The molecule has 0 radical (unpaired) electrons. The Morgan fingerprint density at radius 1 is 0.262 bits per heavy atom. The average Bonchev–Trinajstić information content (AvgIpc) is 0.900. The van der Waals surface area contributed by atoms with E-state index in [1.165, 1.54) is 257 Å². The molecular formula is C88H172O17P2. The van der Waals surface area contributed by atoms with E-state index in [0.717, 1.165) is 120 Å². The molecule has 19 heteroatoms. The minimum atomic E-state index is -4.97. The molecule has 0 bridgehead atoms. The average molecular weight is 1560 g/mol. The Hall–Kier alpha value is -1.94. The Kier molecular flexibility index (Phi) is 75.3. The first kappa shape index (κ1) is 105. The highest BCUT2D eigenvalue weighted by Crippen LogP contribution is 2.45. The summed E-state index contributed by atoms with van der Waals surface area (Å²) in [6.07, 6.45) is 66.6. The fourth-order valence-corrected chi connectivity index (χ4v) is 15.2. The lowest BCUT2D eigenvalue weighted by atomic mass is 9.99. The summed E-state index contributed by atoms with van der Waals surface area (Å²) in [5, 5.41) is 10.7. The monoisotopic (exact) mass is 1560 g/mol. The maximum atomic E-state index is 13.2. The number of phosphoric ester groups is 2. The SMILES string of the molecule is CCC(C)CCCCCCCCCCCCCCCCC(=O)OC[C@H](COP(=O)(O)OC[C@@H](O)COP(=O)(O)OC[C@@H](COC(=O)CCCCCCCCC(C)CC)OC(=O)CCCCCCCCCCCCCCCCCC(C)C)OC(=O)CCCCCCCCCCCCCCCCCCCCC(C)C. The van der Waals surface area contributed by atoms with Crippen LogP contribution in [-0.4, -0.2) is 96.7 Å². The van der Waals surface area contributed by atoms with Gasteiger partial charge in [-0.3, -0.25) is 37.3 Å². The molecule has 17 nitrogen and oxygen atoms in total. The van der Waals surface area contributed by atoms with Crippen LogP contribution in [0.1, 0.15) is 460 Å². The summed E-state index contributed by atoms with van der Waals surface area (Å²) >= 11 is 0. The van der Waals surface area contributed by atoms with Crippen molar-refractivity contribution in [3.8, 4) is 0 Å². The van der Waals surface area contributed by atoms with Crippen molar-refractivity contribution in [2.45, 2.75) is 478 Å². The van der Waals surface area contributed by atoms with E-state index in [0.29, 0.717) is 25.7 Å². The third-order valence-corrected chi connectivity index (χ3v) is 23.2. The highest BCUT2D eigenvalue weighted by atomic mass is 31.2. The zero-order valence-electron chi connectivity index (χ0n) is 70.8. The van der Waals surface area contributed by atoms with Gasteiger partial charge in [0.1, 0.15) is 19.3 Å². The van der Waals surface area contributed by atoms with Gasteiger partial charge in [0.15, 0.2) is 12.2 Å². The summed E-state index contributed by atoms with van der Waals surface area (Å²) in [5.74, 6) is 1.10. The first-order valence-electron chi connectivity index (χ1n) is 45.3. The molecule has 0 heterocycles. The minimum Gasteiger partial charge on any atom is -0.462 e. The number of unbranched alkanes of at least 4 members (excludes halogenated alkanes) is 49. The van der Waals surface area contributed by atoms with Gasteiger partial charge < -0.3 is 33.8 Å². The van der Waals surface area contributed by atoms with E-state index in [1.807, 2.05) is 0 Å². The molecule has 636 valence electrons. The molecule has 0 amide bonds. The maximum absolute atomic E-state index is 13.2. The smallest absolute Gasteiger partial charge is 0.462 e. The summed E-state index contributed by atoms with van der Waals surface area (Å²) in [4.78, 5) is 73.3. The molecule has 0 aromatic carbocycles. The van der Waals surface area contributed by atoms with Gasteiger partial charge in [-0.1, -0.05) is 409 Å². The lowest BCUT2D eigenvalue weighted by Gasteiger charge is -2.21. The number of hydrogen-bond acceptors (Lipinski definition) is 15. The van der Waals surface area contributed by atoms with Gasteiger partial charge in [-0.05, 0) is 49.4 Å². The van der Waals surface area contributed by atoms with Crippen molar-refractivity contribution in [2.24, 2.45) is 23.7 Å². The van der Waals surface area contributed by atoms with Crippen molar-refractivity contribution < 1.29 is 80.2 Å². The predicted octanol–water partition coefficient (Wildman–Crippen LogP) is 26.7. The summed E-state index contributed by atoms with van der Waals surface area (Å²) in [7, 11) is -9.93. The molecular weight excluding hydrogens is 1390 g/mol. The standard InChI is InChI=1S/C88H172O17P2/c1-9-80(7)66-58-50-42-36-30-24-20-21-25-31-37-43-52-60-68-85(90)98-74-83(104-87(92)70-62-54-44-38-32-26-18-14-12-11-13-16-22-28-34-40-48-56-64-78(3)4)76-102-106(94,95)100-72-82(89)73-101-107(96,97)103-77-84(75-99-86(91)69-61-53-47-46-51-59-67-81(8)10-2)105-88(93)71-63-55-45-39-33-27-19-15-17-23-29-35-41-49-57-65-79(5)6/h78-84,89H,9-77H2,1-8H3,(H,94,95)(H,96,97)/t80?,81?,82-,83-,84-/m1/s1. The van der Waals surface area contributed by atoms with Crippen molar-refractivity contribution in [1.29, 1.82) is 0 Å². The lowest BCUT2D eigenvalue weighted by molar-refractivity contribution is -0.161. The quantitative estimate of drug-likeness (QED) is 0.0222. The molecule has 7 atom stereocenters. The van der Waals surface area contributed by atoms with Gasteiger partial charge in [0, 0.05) is 25.7 Å². The Morgan fingerprint density at radius 3 is 0.664 bits per heavy atom. The lowest BCUT2D eigenvalue weighted by Crippen LogP contribution is -2.30. The number of aliphatic hydroxyl groups excluding tert-OH is 1. The van der Waals surface area contributed by atoms with Crippen LogP contribution in [0, 0.1) is 23.7 Å². The van der Waals surface area contributed by atoms with Crippen LogP contribution < -0.4 is 0 Å². The molecule has 0 aromatic rings. The molecule has 0 aliphatic heterocycles. The second-order valence-electron chi connectivity index (χ2n) is 33.1.